The maximum atomic E-state index is 12.8. The molecule has 0 fully saturated rings. The lowest BCUT2D eigenvalue weighted by atomic mass is 9.86. The summed E-state index contributed by atoms with van der Waals surface area (Å²) in [4.78, 5) is 37.1. The molecule has 0 spiro atoms. The van der Waals surface area contributed by atoms with E-state index >= 15 is 0 Å². The molecule has 7 heteroatoms. The minimum absolute atomic E-state index is 0.0910. The fourth-order valence-corrected chi connectivity index (χ4v) is 4.18. The van der Waals surface area contributed by atoms with Crippen LogP contribution in [0.3, 0.4) is 0 Å². The van der Waals surface area contributed by atoms with E-state index in [9.17, 15) is 19.5 Å². The Hall–Kier alpha value is -3.35. The molecule has 176 valence electrons. The van der Waals surface area contributed by atoms with E-state index in [1.807, 2.05) is 36.4 Å². The lowest BCUT2D eigenvalue weighted by Gasteiger charge is -2.30. The summed E-state index contributed by atoms with van der Waals surface area (Å²) in [5.74, 6) is -2.04. The van der Waals surface area contributed by atoms with Gasteiger partial charge in [0, 0.05) is 5.92 Å². The molecule has 1 aliphatic carbocycles. The molecule has 1 aliphatic rings. The molecule has 0 saturated carbocycles. The molecule has 0 unspecified atom stereocenters. The standard InChI is InChI=1S/C26H32N2O5/c1-15(2)21(23(29)28-22(24(30)31)26(3,4)5)27-25(32)33-14-20-18-12-8-6-10-16(18)17-11-7-9-13-19(17)20/h6-13,15,20-22H,14H2,1-5H3,(H,27,32)(H,28,29)(H,30,31)/t21-,22+/m1/s1. The summed E-state index contributed by atoms with van der Waals surface area (Å²) in [6.07, 6.45) is -0.714. The van der Waals surface area contributed by atoms with Crippen molar-refractivity contribution in [2.75, 3.05) is 6.61 Å². The molecule has 3 rings (SSSR count). The zero-order valence-corrected chi connectivity index (χ0v) is 19.7. The summed E-state index contributed by atoms with van der Waals surface area (Å²) in [6.45, 7) is 8.88. The Labute approximate surface area is 194 Å². The second-order valence-corrected chi connectivity index (χ2v) is 9.84. The van der Waals surface area contributed by atoms with E-state index in [4.69, 9.17) is 4.74 Å². The molecule has 0 aliphatic heterocycles. The van der Waals surface area contributed by atoms with E-state index < -0.39 is 35.5 Å². The molecule has 2 aromatic carbocycles. The number of rotatable bonds is 7. The number of nitrogens with one attached hydrogen (secondary N) is 2. The third kappa shape index (κ3) is 5.35. The Balaban J connectivity index is 1.68. The number of hydrogen-bond acceptors (Lipinski definition) is 4. The van der Waals surface area contributed by atoms with Crippen molar-refractivity contribution in [1.82, 2.24) is 10.6 Å². The number of ether oxygens (including phenoxy) is 1. The van der Waals surface area contributed by atoms with Gasteiger partial charge in [0.2, 0.25) is 5.91 Å². The predicted molar refractivity (Wildman–Crippen MR) is 126 cm³/mol. The first-order valence-electron chi connectivity index (χ1n) is 11.2. The first-order valence-corrected chi connectivity index (χ1v) is 11.2. The summed E-state index contributed by atoms with van der Waals surface area (Å²) in [6, 6.07) is 14.1. The molecule has 2 atom stereocenters. The van der Waals surface area contributed by atoms with Gasteiger partial charge in [-0.3, -0.25) is 4.79 Å². The van der Waals surface area contributed by atoms with Crippen molar-refractivity contribution in [2.24, 2.45) is 11.3 Å². The van der Waals surface area contributed by atoms with Crippen LogP contribution in [-0.4, -0.2) is 41.8 Å². The van der Waals surface area contributed by atoms with Crippen molar-refractivity contribution in [3.63, 3.8) is 0 Å². The summed E-state index contributed by atoms with van der Waals surface area (Å²) in [5.41, 5.74) is 3.76. The number of carbonyl (C=O) groups excluding carboxylic acids is 2. The topological polar surface area (TPSA) is 105 Å². The Kier molecular flexibility index (Phi) is 7.10. The molecule has 0 saturated heterocycles. The highest BCUT2D eigenvalue weighted by atomic mass is 16.5. The Bertz CT molecular complexity index is 995. The number of benzene rings is 2. The highest BCUT2D eigenvalue weighted by Crippen LogP contribution is 2.44. The fraction of sp³-hybridized carbons (Fsp3) is 0.423. The first-order chi connectivity index (χ1) is 15.5. The number of carbonyl (C=O) groups is 3. The average molecular weight is 453 g/mol. The van der Waals surface area contributed by atoms with Crippen LogP contribution in [0.2, 0.25) is 0 Å². The van der Waals surface area contributed by atoms with E-state index in [2.05, 4.69) is 22.8 Å². The number of carboxylic acids is 1. The lowest BCUT2D eigenvalue weighted by Crippen LogP contribution is -2.57. The largest absolute Gasteiger partial charge is 0.480 e. The smallest absolute Gasteiger partial charge is 0.407 e. The van der Waals surface area contributed by atoms with Gasteiger partial charge in [-0.25, -0.2) is 9.59 Å². The number of alkyl carbamates (subject to hydrolysis) is 1. The molecule has 2 aromatic rings. The monoisotopic (exact) mass is 452 g/mol. The van der Waals surface area contributed by atoms with E-state index in [-0.39, 0.29) is 18.4 Å². The Morgan fingerprint density at radius 1 is 0.939 bits per heavy atom. The number of fused-ring (bicyclic) bond motifs is 3. The van der Waals surface area contributed by atoms with Crippen molar-refractivity contribution < 1.29 is 24.2 Å². The Morgan fingerprint density at radius 3 is 1.91 bits per heavy atom. The van der Waals surface area contributed by atoms with Gasteiger partial charge in [0.05, 0.1) is 0 Å². The molecule has 0 bridgehead atoms. The van der Waals surface area contributed by atoms with Gasteiger partial charge in [0.1, 0.15) is 18.7 Å². The number of amides is 2. The van der Waals surface area contributed by atoms with Gasteiger partial charge in [0.25, 0.3) is 0 Å². The maximum Gasteiger partial charge on any atom is 0.407 e. The van der Waals surface area contributed by atoms with Gasteiger partial charge < -0.3 is 20.5 Å². The zero-order valence-electron chi connectivity index (χ0n) is 19.7. The predicted octanol–water partition coefficient (Wildman–Crippen LogP) is 4.17. The van der Waals surface area contributed by atoms with Crippen LogP contribution in [0.1, 0.15) is 51.7 Å². The van der Waals surface area contributed by atoms with Gasteiger partial charge >= 0.3 is 12.1 Å². The third-order valence-corrected chi connectivity index (χ3v) is 5.97. The summed E-state index contributed by atoms with van der Waals surface area (Å²) in [7, 11) is 0. The lowest BCUT2D eigenvalue weighted by molar-refractivity contribution is -0.145. The van der Waals surface area contributed by atoms with E-state index in [0.717, 1.165) is 22.3 Å². The molecule has 0 heterocycles. The molecular formula is C26H32N2O5. The second-order valence-electron chi connectivity index (χ2n) is 9.84. The summed E-state index contributed by atoms with van der Waals surface area (Å²) in [5, 5.41) is 14.7. The minimum atomic E-state index is -1.13. The highest BCUT2D eigenvalue weighted by Gasteiger charge is 2.36. The van der Waals surface area contributed by atoms with Crippen LogP contribution in [0.15, 0.2) is 48.5 Å². The third-order valence-electron chi connectivity index (χ3n) is 5.97. The fourth-order valence-electron chi connectivity index (χ4n) is 4.18. The van der Waals surface area contributed by atoms with Crippen LogP contribution < -0.4 is 10.6 Å². The molecule has 3 N–H and O–H groups in total. The number of aliphatic carboxylic acids is 1. The molecule has 2 amide bonds. The highest BCUT2D eigenvalue weighted by molar-refractivity contribution is 5.89. The van der Waals surface area contributed by atoms with Crippen molar-refractivity contribution in [2.45, 2.75) is 52.6 Å². The van der Waals surface area contributed by atoms with Gasteiger partial charge in [-0.15, -0.1) is 0 Å². The quantitative estimate of drug-likeness (QED) is 0.585. The maximum absolute atomic E-state index is 12.8. The molecular weight excluding hydrogens is 420 g/mol. The van der Waals surface area contributed by atoms with Crippen LogP contribution >= 0.6 is 0 Å². The van der Waals surface area contributed by atoms with E-state index in [1.54, 1.807) is 34.6 Å². The SMILES string of the molecule is CC(C)[C@@H](NC(=O)OCC1c2ccccc2-c2ccccc21)C(=O)N[C@@H](C(=O)O)C(C)(C)C. The van der Waals surface area contributed by atoms with Crippen LogP contribution in [0.4, 0.5) is 4.79 Å². The average Bonchev–Trinajstić information content (AvgIpc) is 3.06. The zero-order chi connectivity index (χ0) is 24.3. The Morgan fingerprint density at radius 2 is 1.45 bits per heavy atom. The first kappa shape index (κ1) is 24.3. The van der Waals surface area contributed by atoms with Crippen molar-refractivity contribution in [3.8, 4) is 11.1 Å². The molecule has 7 nitrogen and oxygen atoms in total. The van der Waals surface area contributed by atoms with Gasteiger partial charge in [-0.2, -0.15) is 0 Å². The van der Waals surface area contributed by atoms with Crippen molar-refractivity contribution in [1.29, 1.82) is 0 Å². The molecule has 0 aromatic heterocycles. The second kappa shape index (κ2) is 9.65. The summed E-state index contributed by atoms with van der Waals surface area (Å²) >= 11 is 0. The van der Waals surface area contributed by atoms with Crippen molar-refractivity contribution in [3.05, 3.63) is 59.7 Å². The minimum Gasteiger partial charge on any atom is -0.480 e. The van der Waals surface area contributed by atoms with Crippen LogP contribution in [0.5, 0.6) is 0 Å². The van der Waals surface area contributed by atoms with Gasteiger partial charge in [-0.05, 0) is 33.6 Å². The number of carboxylic acid groups (broad SMARTS) is 1. The van der Waals surface area contributed by atoms with E-state index in [1.165, 1.54) is 0 Å². The van der Waals surface area contributed by atoms with Crippen LogP contribution in [0, 0.1) is 11.3 Å². The normalized spacial score (nSPS) is 14.7. The molecule has 0 radical (unpaired) electrons. The van der Waals surface area contributed by atoms with E-state index in [0.29, 0.717) is 0 Å². The van der Waals surface area contributed by atoms with Crippen LogP contribution in [0.25, 0.3) is 11.1 Å². The number of hydrogen-bond donors (Lipinski definition) is 3. The van der Waals surface area contributed by atoms with Gasteiger partial charge in [0.15, 0.2) is 0 Å². The van der Waals surface area contributed by atoms with Gasteiger partial charge in [-0.1, -0.05) is 83.1 Å². The van der Waals surface area contributed by atoms with Crippen molar-refractivity contribution >= 4 is 18.0 Å². The van der Waals surface area contributed by atoms with Crippen LogP contribution in [-0.2, 0) is 14.3 Å². The molecule has 33 heavy (non-hydrogen) atoms. The summed E-state index contributed by atoms with van der Waals surface area (Å²) < 4.78 is 5.54.